The van der Waals surface area contributed by atoms with Crippen LogP contribution in [0.3, 0.4) is 0 Å². The number of aromatic amines is 1. The lowest BCUT2D eigenvalue weighted by Crippen LogP contribution is -2.38. The van der Waals surface area contributed by atoms with Crippen LogP contribution in [0.5, 0.6) is 0 Å². The molecule has 8 nitrogen and oxygen atoms in total. The SMILES string of the molecule is Cc1noc2nc(-c3ccco3)cc(C(=O)N3CCC(c4nc5ccccc5[nH]4)CC3)c12. The number of imidazole rings is 1. The van der Waals surface area contributed by atoms with Crippen LogP contribution in [-0.2, 0) is 0 Å². The van der Waals surface area contributed by atoms with Gasteiger partial charge in [-0.3, -0.25) is 4.79 Å². The summed E-state index contributed by atoms with van der Waals surface area (Å²) < 4.78 is 10.9. The molecule has 4 aromatic heterocycles. The fraction of sp³-hybridized carbons (Fsp3) is 0.250. The second-order valence-corrected chi connectivity index (χ2v) is 8.19. The predicted molar refractivity (Wildman–Crippen MR) is 118 cm³/mol. The first-order valence-corrected chi connectivity index (χ1v) is 10.7. The second kappa shape index (κ2) is 7.33. The molecular weight excluding hydrogens is 406 g/mol. The summed E-state index contributed by atoms with van der Waals surface area (Å²) in [5.41, 5.74) is 4.12. The van der Waals surface area contributed by atoms with Gasteiger partial charge in [-0.2, -0.15) is 0 Å². The molecule has 8 heteroatoms. The fourth-order valence-electron chi connectivity index (χ4n) is 4.51. The van der Waals surface area contributed by atoms with Crippen LogP contribution in [-0.4, -0.2) is 44.0 Å². The maximum atomic E-state index is 13.5. The molecule has 5 heterocycles. The Bertz CT molecular complexity index is 1390. The summed E-state index contributed by atoms with van der Waals surface area (Å²) in [5, 5.41) is 4.68. The van der Waals surface area contributed by atoms with Crippen LogP contribution < -0.4 is 0 Å². The quantitative estimate of drug-likeness (QED) is 0.448. The molecule has 0 spiro atoms. The smallest absolute Gasteiger partial charge is 0.259 e. The molecule has 0 unspecified atom stereocenters. The van der Waals surface area contributed by atoms with Gasteiger partial charge in [0.2, 0.25) is 0 Å². The summed E-state index contributed by atoms with van der Waals surface area (Å²) in [4.78, 5) is 28.1. The molecule has 6 rings (SSSR count). The number of pyridine rings is 1. The molecule has 0 atom stereocenters. The van der Waals surface area contributed by atoms with Gasteiger partial charge in [0.1, 0.15) is 11.5 Å². The number of furan rings is 1. The Hall–Kier alpha value is -3.94. The first-order chi connectivity index (χ1) is 15.7. The third kappa shape index (κ3) is 3.07. The van der Waals surface area contributed by atoms with Gasteiger partial charge in [0.15, 0.2) is 5.76 Å². The minimum atomic E-state index is -0.0421. The second-order valence-electron chi connectivity index (χ2n) is 8.19. The van der Waals surface area contributed by atoms with E-state index >= 15 is 0 Å². The van der Waals surface area contributed by atoms with Crippen molar-refractivity contribution in [2.75, 3.05) is 13.1 Å². The Balaban J connectivity index is 1.27. The number of piperidine rings is 1. The van der Waals surface area contributed by atoms with Gasteiger partial charge in [0.05, 0.1) is 33.9 Å². The fourth-order valence-corrected chi connectivity index (χ4v) is 4.51. The van der Waals surface area contributed by atoms with E-state index in [4.69, 9.17) is 13.9 Å². The molecule has 1 amide bonds. The third-order valence-corrected chi connectivity index (χ3v) is 6.20. The van der Waals surface area contributed by atoms with E-state index in [0.29, 0.717) is 52.8 Å². The Kier molecular flexibility index (Phi) is 4.31. The molecule has 1 aromatic carbocycles. The Labute approximate surface area is 183 Å². The molecule has 0 saturated carbocycles. The molecule has 1 saturated heterocycles. The number of benzene rings is 1. The van der Waals surface area contributed by atoms with E-state index in [0.717, 1.165) is 29.7 Å². The normalized spacial score (nSPS) is 15.1. The van der Waals surface area contributed by atoms with Crippen LogP contribution in [0.2, 0.25) is 0 Å². The molecule has 0 radical (unpaired) electrons. The van der Waals surface area contributed by atoms with E-state index in [1.165, 1.54) is 0 Å². The van der Waals surface area contributed by atoms with Crippen LogP contribution >= 0.6 is 0 Å². The lowest BCUT2D eigenvalue weighted by molar-refractivity contribution is 0.0713. The highest BCUT2D eigenvalue weighted by molar-refractivity contribution is 6.06. The van der Waals surface area contributed by atoms with E-state index in [-0.39, 0.29) is 5.91 Å². The van der Waals surface area contributed by atoms with Gasteiger partial charge < -0.3 is 18.8 Å². The number of nitrogens with zero attached hydrogens (tertiary/aromatic N) is 4. The van der Waals surface area contributed by atoms with Crippen molar-refractivity contribution in [2.45, 2.75) is 25.7 Å². The molecule has 1 fully saturated rings. The number of hydrogen-bond acceptors (Lipinski definition) is 6. The van der Waals surface area contributed by atoms with Gasteiger partial charge in [0, 0.05) is 19.0 Å². The molecule has 0 bridgehead atoms. The Morgan fingerprint density at radius 2 is 1.97 bits per heavy atom. The molecule has 32 heavy (non-hydrogen) atoms. The summed E-state index contributed by atoms with van der Waals surface area (Å²) in [6, 6.07) is 13.4. The number of likely N-dealkylation sites (tertiary alicyclic amines) is 1. The summed E-state index contributed by atoms with van der Waals surface area (Å²) in [6.07, 6.45) is 3.29. The van der Waals surface area contributed by atoms with Crippen molar-refractivity contribution in [2.24, 2.45) is 0 Å². The number of fused-ring (bicyclic) bond motifs is 2. The Morgan fingerprint density at radius 3 is 2.75 bits per heavy atom. The molecule has 160 valence electrons. The summed E-state index contributed by atoms with van der Waals surface area (Å²) in [7, 11) is 0. The average molecular weight is 427 g/mol. The number of carbonyl (C=O) groups excluding carboxylic acids is 1. The van der Waals surface area contributed by atoms with Gasteiger partial charge in [-0.05, 0) is 50.1 Å². The first kappa shape index (κ1) is 18.8. The van der Waals surface area contributed by atoms with Gasteiger partial charge in [-0.1, -0.05) is 17.3 Å². The molecule has 0 aliphatic carbocycles. The number of carbonyl (C=O) groups is 1. The number of rotatable bonds is 3. The van der Waals surface area contributed by atoms with Gasteiger partial charge in [0.25, 0.3) is 11.6 Å². The maximum Gasteiger partial charge on any atom is 0.259 e. The van der Waals surface area contributed by atoms with Crippen molar-refractivity contribution in [1.82, 2.24) is 25.0 Å². The van der Waals surface area contributed by atoms with Crippen molar-refractivity contribution in [1.29, 1.82) is 0 Å². The minimum absolute atomic E-state index is 0.0421. The number of aromatic nitrogens is 4. The maximum absolute atomic E-state index is 13.5. The van der Waals surface area contributed by atoms with Crippen molar-refractivity contribution in [3.8, 4) is 11.5 Å². The van der Waals surface area contributed by atoms with Gasteiger partial charge in [-0.15, -0.1) is 0 Å². The van der Waals surface area contributed by atoms with Crippen molar-refractivity contribution in [3.05, 3.63) is 65.8 Å². The third-order valence-electron chi connectivity index (χ3n) is 6.20. The topological polar surface area (TPSA) is 101 Å². The van der Waals surface area contributed by atoms with Crippen LogP contribution in [0.15, 0.2) is 57.7 Å². The van der Waals surface area contributed by atoms with Crippen LogP contribution in [0.25, 0.3) is 33.6 Å². The zero-order valence-corrected chi connectivity index (χ0v) is 17.5. The molecule has 1 N–H and O–H groups in total. The highest BCUT2D eigenvalue weighted by atomic mass is 16.5. The first-order valence-electron chi connectivity index (χ1n) is 10.7. The highest BCUT2D eigenvalue weighted by Gasteiger charge is 2.29. The average Bonchev–Trinajstić information content (AvgIpc) is 3.58. The number of hydrogen-bond donors (Lipinski definition) is 1. The van der Waals surface area contributed by atoms with E-state index in [1.807, 2.05) is 42.2 Å². The van der Waals surface area contributed by atoms with Crippen molar-refractivity contribution < 1.29 is 13.7 Å². The zero-order valence-electron chi connectivity index (χ0n) is 17.5. The Morgan fingerprint density at radius 1 is 1.12 bits per heavy atom. The van der Waals surface area contributed by atoms with E-state index in [1.54, 1.807) is 18.4 Å². The minimum Gasteiger partial charge on any atom is -0.463 e. The van der Waals surface area contributed by atoms with Crippen molar-refractivity contribution >= 4 is 28.0 Å². The van der Waals surface area contributed by atoms with Gasteiger partial charge in [-0.25, -0.2) is 9.97 Å². The lowest BCUT2D eigenvalue weighted by atomic mass is 9.95. The van der Waals surface area contributed by atoms with Crippen molar-refractivity contribution in [3.63, 3.8) is 0 Å². The monoisotopic (exact) mass is 427 g/mol. The van der Waals surface area contributed by atoms with E-state index in [9.17, 15) is 4.79 Å². The van der Waals surface area contributed by atoms with Crippen LogP contribution in [0.1, 0.15) is 40.6 Å². The summed E-state index contributed by atoms with van der Waals surface area (Å²) in [6.45, 7) is 3.14. The zero-order chi connectivity index (χ0) is 21.7. The molecule has 1 aliphatic rings. The molecule has 1 aliphatic heterocycles. The largest absolute Gasteiger partial charge is 0.463 e. The molecule has 5 aromatic rings. The highest BCUT2D eigenvalue weighted by Crippen LogP contribution is 2.31. The van der Waals surface area contributed by atoms with E-state index < -0.39 is 0 Å². The standard InChI is InChI=1S/C24H21N5O3/c1-14-21-16(13-19(20-7-4-12-31-20)27-23(21)32-28-14)24(30)29-10-8-15(9-11-29)22-25-17-5-2-3-6-18(17)26-22/h2-7,12-13,15H,8-11H2,1H3,(H,25,26). The number of para-hydroxylation sites is 2. The summed E-state index contributed by atoms with van der Waals surface area (Å²) in [5.74, 6) is 1.85. The van der Waals surface area contributed by atoms with Gasteiger partial charge >= 0.3 is 0 Å². The number of H-pyrrole nitrogens is 1. The number of amides is 1. The van der Waals surface area contributed by atoms with E-state index in [2.05, 4.69) is 15.1 Å². The predicted octanol–water partition coefficient (Wildman–Crippen LogP) is 4.69. The van der Waals surface area contributed by atoms with Crippen LogP contribution in [0.4, 0.5) is 0 Å². The van der Waals surface area contributed by atoms with Crippen LogP contribution in [0, 0.1) is 6.92 Å². The summed E-state index contributed by atoms with van der Waals surface area (Å²) >= 11 is 0. The number of aryl methyl sites for hydroxylation is 1. The molecular formula is C24H21N5O3. The number of nitrogens with one attached hydrogen (secondary N) is 1. The lowest BCUT2D eigenvalue weighted by Gasteiger charge is -2.31.